The Hall–Kier alpha value is -0.140. The smallest absolute Gasteiger partial charge is 0.343 e. The maximum Gasteiger partial charge on any atom is 0.472 e. The molecule has 0 saturated heterocycles. The number of hydrogen-bond donors (Lipinski definition) is 2. The zero-order valence-electron chi connectivity index (χ0n) is 8.11. The highest BCUT2D eigenvalue weighted by molar-refractivity contribution is 7.46. The van der Waals surface area contributed by atoms with E-state index in [1.165, 1.54) is 6.92 Å². The Bertz CT molecular complexity index is 250. The second-order valence-corrected chi connectivity index (χ2v) is 3.78. The fraction of sp³-hybridized carbons (Fsp3) is 1.00. The van der Waals surface area contributed by atoms with E-state index in [2.05, 4.69) is 9.26 Å². The van der Waals surface area contributed by atoms with Crippen molar-refractivity contribution >= 4 is 7.82 Å². The molecule has 1 atom stereocenters. The van der Waals surface area contributed by atoms with E-state index in [1.54, 1.807) is 0 Å². The molecule has 0 aromatic heterocycles. The van der Waals surface area contributed by atoms with Crippen LogP contribution in [-0.4, -0.2) is 28.4 Å². The zero-order chi connectivity index (χ0) is 12.3. The molecule has 0 aliphatic carbocycles. The number of hydrogen-bond acceptors (Lipinski definition) is 3. The van der Waals surface area contributed by atoms with Crippen LogP contribution in [0, 0.1) is 0 Å². The summed E-state index contributed by atoms with van der Waals surface area (Å²) in [5.41, 5.74) is 0. The number of alkyl halides is 3. The molecule has 0 aliphatic rings. The third-order valence-corrected chi connectivity index (χ3v) is 2.07. The van der Waals surface area contributed by atoms with Gasteiger partial charge in [-0.25, -0.2) is 9.09 Å². The Labute approximate surface area is 84.4 Å². The first-order chi connectivity index (χ1) is 6.58. The molecule has 2 N–H and O–H groups in total. The average Bonchev–Trinajstić information content (AvgIpc) is 1.98. The van der Waals surface area contributed by atoms with Crippen molar-refractivity contribution in [1.29, 1.82) is 0 Å². The lowest BCUT2D eigenvalue weighted by Crippen LogP contribution is -2.48. The minimum atomic E-state index is -5.27. The van der Waals surface area contributed by atoms with E-state index in [1.807, 2.05) is 0 Å². The van der Waals surface area contributed by atoms with Crippen LogP contribution in [-0.2, 0) is 13.8 Å². The molecule has 15 heavy (non-hydrogen) atoms. The second-order valence-electron chi connectivity index (χ2n) is 2.62. The summed E-state index contributed by atoms with van der Waals surface area (Å²) in [6.45, 7) is 1.94. The molecular weight excluding hydrogens is 240 g/mol. The standard InChI is InChI=1S/C6H12F3O5P/c1-3-5(13-4-2,6(7,8)9)14-15(10,11)12/h3-4H2,1-2H3,(H2,10,11,12). The van der Waals surface area contributed by atoms with Gasteiger partial charge < -0.3 is 14.5 Å². The maximum absolute atomic E-state index is 12.5. The van der Waals surface area contributed by atoms with Crippen molar-refractivity contribution in [2.75, 3.05) is 6.61 Å². The van der Waals surface area contributed by atoms with E-state index < -0.39 is 26.2 Å². The van der Waals surface area contributed by atoms with E-state index in [9.17, 15) is 17.7 Å². The minimum absolute atomic E-state index is 0.382. The Morgan fingerprint density at radius 3 is 1.93 bits per heavy atom. The van der Waals surface area contributed by atoms with E-state index in [0.29, 0.717) is 0 Å². The van der Waals surface area contributed by atoms with Gasteiger partial charge in [0.25, 0.3) is 5.79 Å². The van der Waals surface area contributed by atoms with Crippen LogP contribution in [0.5, 0.6) is 0 Å². The zero-order valence-corrected chi connectivity index (χ0v) is 9.01. The van der Waals surface area contributed by atoms with Crippen LogP contribution in [0.3, 0.4) is 0 Å². The fourth-order valence-corrected chi connectivity index (χ4v) is 1.62. The number of rotatable bonds is 5. The lowest BCUT2D eigenvalue weighted by atomic mass is 10.2. The molecule has 0 aromatic rings. The van der Waals surface area contributed by atoms with Gasteiger partial charge >= 0.3 is 14.0 Å². The molecule has 0 fully saturated rings. The van der Waals surface area contributed by atoms with Crippen LogP contribution in [0.1, 0.15) is 20.3 Å². The maximum atomic E-state index is 12.5. The summed E-state index contributed by atoms with van der Waals surface area (Å²) in [4.78, 5) is 16.8. The fourth-order valence-electron chi connectivity index (χ4n) is 0.952. The first-order valence-electron chi connectivity index (χ1n) is 4.05. The van der Waals surface area contributed by atoms with Crippen molar-refractivity contribution in [3.05, 3.63) is 0 Å². The van der Waals surface area contributed by atoms with Crippen LogP contribution in [0.15, 0.2) is 0 Å². The van der Waals surface area contributed by atoms with Crippen LogP contribution < -0.4 is 0 Å². The third-order valence-electron chi connectivity index (χ3n) is 1.54. The van der Waals surface area contributed by atoms with Gasteiger partial charge in [0.15, 0.2) is 0 Å². The van der Waals surface area contributed by atoms with E-state index in [4.69, 9.17) is 9.79 Å². The number of phosphoric ester groups is 1. The number of ether oxygens (including phenoxy) is 1. The van der Waals surface area contributed by atoms with Crippen LogP contribution >= 0.6 is 7.82 Å². The van der Waals surface area contributed by atoms with Crippen molar-refractivity contribution in [2.24, 2.45) is 0 Å². The summed E-state index contributed by atoms with van der Waals surface area (Å²) in [7, 11) is -5.27. The van der Waals surface area contributed by atoms with Gasteiger partial charge in [-0.1, -0.05) is 6.92 Å². The van der Waals surface area contributed by atoms with Crippen molar-refractivity contribution < 1.29 is 36.8 Å². The van der Waals surface area contributed by atoms with Gasteiger partial charge in [-0.15, -0.1) is 0 Å². The van der Waals surface area contributed by atoms with Gasteiger partial charge in [0.1, 0.15) is 0 Å². The largest absolute Gasteiger partial charge is 0.472 e. The van der Waals surface area contributed by atoms with Crippen molar-refractivity contribution in [3.63, 3.8) is 0 Å². The van der Waals surface area contributed by atoms with Crippen LogP contribution in [0.2, 0.25) is 0 Å². The van der Waals surface area contributed by atoms with Gasteiger partial charge in [0.2, 0.25) is 0 Å². The highest BCUT2D eigenvalue weighted by Crippen LogP contribution is 2.49. The van der Waals surface area contributed by atoms with Gasteiger partial charge in [-0.2, -0.15) is 13.2 Å². The molecule has 0 aromatic carbocycles. The Morgan fingerprint density at radius 2 is 1.73 bits per heavy atom. The highest BCUT2D eigenvalue weighted by atomic mass is 31.2. The lowest BCUT2D eigenvalue weighted by Gasteiger charge is -2.33. The van der Waals surface area contributed by atoms with Gasteiger partial charge in [0, 0.05) is 13.0 Å². The summed E-state index contributed by atoms with van der Waals surface area (Å²) in [6, 6.07) is 0. The molecule has 0 amide bonds. The van der Waals surface area contributed by atoms with Crippen molar-refractivity contribution in [3.8, 4) is 0 Å². The molecule has 9 heteroatoms. The van der Waals surface area contributed by atoms with Crippen LogP contribution in [0.25, 0.3) is 0 Å². The SMILES string of the molecule is CCOC(CC)(OP(=O)(O)O)C(F)(F)F. The van der Waals surface area contributed by atoms with Gasteiger partial charge in [-0.05, 0) is 6.92 Å². The van der Waals surface area contributed by atoms with E-state index in [0.717, 1.165) is 6.92 Å². The van der Waals surface area contributed by atoms with Crippen LogP contribution in [0.4, 0.5) is 13.2 Å². The first kappa shape index (κ1) is 14.9. The van der Waals surface area contributed by atoms with E-state index >= 15 is 0 Å². The van der Waals surface area contributed by atoms with Crippen molar-refractivity contribution in [1.82, 2.24) is 0 Å². The predicted octanol–water partition coefficient (Wildman–Crippen LogP) is 1.80. The number of phosphoric acid groups is 1. The van der Waals surface area contributed by atoms with Crippen molar-refractivity contribution in [2.45, 2.75) is 32.2 Å². The molecule has 92 valence electrons. The molecular formula is C6H12F3O5P. The molecule has 0 bridgehead atoms. The summed E-state index contributed by atoms with van der Waals surface area (Å²) in [6.07, 6.45) is -5.77. The molecule has 0 saturated carbocycles. The highest BCUT2D eigenvalue weighted by Gasteiger charge is 2.59. The Balaban J connectivity index is 5.08. The summed E-state index contributed by atoms with van der Waals surface area (Å²) in [5, 5.41) is 0. The molecule has 1 unspecified atom stereocenters. The topological polar surface area (TPSA) is 76.0 Å². The summed E-state index contributed by atoms with van der Waals surface area (Å²) >= 11 is 0. The Kier molecular flexibility index (Phi) is 4.75. The monoisotopic (exact) mass is 252 g/mol. The molecule has 0 spiro atoms. The molecule has 0 heterocycles. The lowest BCUT2D eigenvalue weighted by molar-refractivity contribution is -0.356. The minimum Gasteiger partial charge on any atom is -0.343 e. The molecule has 0 aliphatic heterocycles. The third kappa shape index (κ3) is 4.08. The summed E-state index contributed by atoms with van der Waals surface area (Å²) in [5.74, 6) is -3.25. The molecule has 0 rings (SSSR count). The predicted molar refractivity (Wildman–Crippen MR) is 43.8 cm³/mol. The summed E-state index contributed by atoms with van der Waals surface area (Å²) < 4.78 is 55.9. The number of halogens is 3. The quantitative estimate of drug-likeness (QED) is 0.576. The van der Waals surface area contributed by atoms with Gasteiger partial charge in [0.05, 0.1) is 0 Å². The average molecular weight is 252 g/mol. The van der Waals surface area contributed by atoms with Gasteiger partial charge in [-0.3, -0.25) is 0 Å². The van der Waals surface area contributed by atoms with E-state index in [-0.39, 0.29) is 6.61 Å². The normalized spacial score (nSPS) is 17.5. The molecule has 5 nitrogen and oxygen atoms in total. The first-order valence-corrected chi connectivity index (χ1v) is 5.58. The molecule has 0 radical (unpaired) electrons. The Morgan fingerprint density at radius 1 is 1.27 bits per heavy atom. The second kappa shape index (κ2) is 4.80.